The molecule has 1 aromatic carbocycles. The van der Waals surface area contributed by atoms with Crippen molar-refractivity contribution in [3.05, 3.63) is 36.2 Å². The molecule has 7 nitrogen and oxygen atoms in total. The van der Waals surface area contributed by atoms with E-state index >= 15 is 0 Å². The fourth-order valence-corrected chi connectivity index (χ4v) is 3.16. The third-order valence-corrected chi connectivity index (χ3v) is 4.81. The van der Waals surface area contributed by atoms with Crippen molar-refractivity contribution in [3.8, 4) is 11.4 Å². The SMILES string of the molecule is CC(C)N1CC[C@H](CNC(=O)N(C)Cc2nc(-c3ccccc3)no2)C1. The third-order valence-electron chi connectivity index (χ3n) is 4.81. The van der Waals surface area contributed by atoms with Crippen molar-refractivity contribution in [2.75, 3.05) is 26.7 Å². The van der Waals surface area contributed by atoms with E-state index in [1.54, 1.807) is 11.9 Å². The zero-order valence-electron chi connectivity index (χ0n) is 15.7. The molecule has 1 N–H and O–H groups in total. The van der Waals surface area contributed by atoms with E-state index in [4.69, 9.17) is 4.52 Å². The van der Waals surface area contributed by atoms with Gasteiger partial charge in [-0.15, -0.1) is 0 Å². The Hall–Kier alpha value is -2.41. The number of rotatable bonds is 6. The molecule has 7 heteroatoms. The Balaban J connectivity index is 1.47. The first-order chi connectivity index (χ1) is 12.5. The number of likely N-dealkylation sites (tertiary alicyclic amines) is 1. The molecule has 1 saturated heterocycles. The summed E-state index contributed by atoms with van der Waals surface area (Å²) in [6.07, 6.45) is 1.13. The molecule has 1 aliphatic heterocycles. The molecule has 0 bridgehead atoms. The van der Waals surface area contributed by atoms with E-state index in [2.05, 4.69) is 34.2 Å². The number of amides is 2. The minimum absolute atomic E-state index is 0.118. The van der Waals surface area contributed by atoms with Gasteiger partial charge in [0.15, 0.2) is 0 Å². The van der Waals surface area contributed by atoms with Gasteiger partial charge in [-0.3, -0.25) is 0 Å². The number of benzene rings is 1. The number of nitrogens with one attached hydrogen (secondary N) is 1. The molecule has 1 aromatic heterocycles. The average Bonchev–Trinajstić information content (AvgIpc) is 3.30. The van der Waals surface area contributed by atoms with E-state index in [0.29, 0.717) is 30.2 Å². The van der Waals surface area contributed by atoms with E-state index in [-0.39, 0.29) is 12.6 Å². The maximum Gasteiger partial charge on any atom is 0.317 e. The predicted molar refractivity (Wildman–Crippen MR) is 99.4 cm³/mol. The van der Waals surface area contributed by atoms with Crippen LogP contribution in [0.5, 0.6) is 0 Å². The number of carbonyl (C=O) groups is 1. The summed E-state index contributed by atoms with van der Waals surface area (Å²) >= 11 is 0. The molecular formula is C19H27N5O2. The summed E-state index contributed by atoms with van der Waals surface area (Å²) < 4.78 is 5.27. The molecule has 3 rings (SSSR count). The fourth-order valence-electron chi connectivity index (χ4n) is 3.16. The number of urea groups is 1. The third kappa shape index (κ3) is 4.60. The van der Waals surface area contributed by atoms with Crippen LogP contribution in [0.2, 0.25) is 0 Å². The summed E-state index contributed by atoms with van der Waals surface area (Å²) in [5, 5.41) is 7.00. The van der Waals surface area contributed by atoms with Crippen molar-refractivity contribution in [2.24, 2.45) is 5.92 Å². The normalized spacial score (nSPS) is 17.6. The van der Waals surface area contributed by atoms with Crippen LogP contribution >= 0.6 is 0 Å². The molecule has 0 radical (unpaired) electrons. The summed E-state index contributed by atoms with van der Waals surface area (Å²) in [6.45, 7) is 7.57. The molecule has 1 atom stereocenters. The Morgan fingerprint density at radius 1 is 1.38 bits per heavy atom. The van der Waals surface area contributed by atoms with Gasteiger partial charge in [-0.2, -0.15) is 4.98 Å². The topological polar surface area (TPSA) is 74.5 Å². The van der Waals surface area contributed by atoms with Crippen LogP contribution in [-0.2, 0) is 6.54 Å². The van der Waals surface area contributed by atoms with E-state index in [0.717, 1.165) is 25.1 Å². The maximum atomic E-state index is 12.3. The Bertz CT molecular complexity index is 716. The van der Waals surface area contributed by atoms with Crippen molar-refractivity contribution in [2.45, 2.75) is 32.9 Å². The lowest BCUT2D eigenvalue weighted by Gasteiger charge is -2.21. The summed E-state index contributed by atoms with van der Waals surface area (Å²) in [5.74, 6) is 1.48. The van der Waals surface area contributed by atoms with Crippen LogP contribution < -0.4 is 5.32 Å². The minimum Gasteiger partial charge on any atom is -0.338 e. The number of carbonyl (C=O) groups excluding carboxylic acids is 1. The van der Waals surface area contributed by atoms with Crippen molar-refractivity contribution in [1.29, 1.82) is 0 Å². The Morgan fingerprint density at radius 2 is 2.15 bits per heavy atom. The van der Waals surface area contributed by atoms with E-state index in [1.807, 2.05) is 30.3 Å². The second-order valence-corrected chi connectivity index (χ2v) is 7.16. The molecule has 0 spiro atoms. The smallest absolute Gasteiger partial charge is 0.317 e. The van der Waals surface area contributed by atoms with Gasteiger partial charge < -0.3 is 19.6 Å². The van der Waals surface area contributed by atoms with Crippen LogP contribution in [0.25, 0.3) is 11.4 Å². The molecule has 2 heterocycles. The molecule has 140 valence electrons. The van der Waals surface area contributed by atoms with Crippen molar-refractivity contribution in [3.63, 3.8) is 0 Å². The van der Waals surface area contributed by atoms with Gasteiger partial charge >= 0.3 is 6.03 Å². The lowest BCUT2D eigenvalue weighted by atomic mass is 10.1. The number of aromatic nitrogens is 2. The van der Waals surface area contributed by atoms with Gasteiger partial charge in [0, 0.05) is 31.7 Å². The number of nitrogens with zero attached hydrogens (tertiary/aromatic N) is 4. The van der Waals surface area contributed by atoms with E-state index < -0.39 is 0 Å². The van der Waals surface area contributed by atoms with Crippen LogP contribution in [0.4, 0.5) is 4.79 Å². The van der Waals surface area contributed by atoms with Gasteiger partial charge in [0.1, 0.15) is 6.54 Å². The highest BCUT2D eigenvalue weighted by Gasteiger charge is 2.25. The highest BCUT2D eigenvalue weighted by Crippen LogP contribution is 2.18. The zero-order valence-corrected chi connectivity index (χ0v) is 15.7. The first-order valence-corrected chi connectivity index (χ1v) is 9.14. The largest absolute Gasteiger partial charge is 0.338 e. The summed E-state index contributed by atoms with van der Waals surface area (Å²) in [6, 6.07) is 10.1. The van der Waals surface area contributed by atoms with Gasteiger partial charge in [-0.05, 0) is 32.7 Å². The van der Waals surface area contributed by atoms with Crippen LogP contribution in [0.15, 0.2) is 34.9 Å². The van der Waals surface area contributed by atoms with E-state index in [9.17, 15) is 4.79 Å². The number of hydrogen-bond acceptors (Lipinski definition) is 5. The fraction of sp³-hybridized carbons (Fsp3) is 0.526. The lowest BCUT2D eigenvalue weighted by Crippen LogP contribution is -2.40. The Labute approximate surface area is 154 Å². The van der Waals surface area contributed by atoms with Gasteiger partial charge in [0.2, 0.25) is 11.7 Å². The highest BCUT2D eigenvalue weighted by atomic mass is 16.5. The van der Waals surface area contributed by atoms with Crippen molar-refractivity contribution >= 4 is 6.03 Å². The summed E-state index contributed by atoms with van der Waals surface area (Å²) in [7, 11) is 1.73. The van der Waals surface area contributed by atoms with Gasteiger partial charge in [0.05, 0.1) is 0 Å². The quantitative estimate of drug-likeness (QED) is 0.860. The maximum absolute atomic E-state index is 12.3. The van der Waals surface area contributed by atoms with Gasteiger partial charge in [0.25, 0.3) is 0 Å². The molecule has 26 heavy (non-hydrogen) atoms. The Kier molecular flexibility index (Phi) is 5.88. The molecule has 0 aliphatic carbocycles. The molecule has 1 aliphatic rings. The molecule has 2 aromatic rings. The molecule has 1 fully saturated rings. The summed E-state index contributed by atoms with van der Waals surface area (Å²) in [4.78, 5) is 20.7. The van der Waals surface area contributed by atoms with Crippen LogP contribution in [0.3, 0.4) is 0 Å². The first kappa shape index (κ1) is 18.4. The standard InChI is InChI=1S/C19H27N5O2/c1-14(2)24-10-9-15(12-24)11-20-19(25)23(3)13-17-21-18(22-26-17)16-7-5-4-6-8-16/h4-8,14-15H,9-13H2,1-3H3,(H,20,25)/t15-/m1/s1. The van der Waals surface area contributed by atoms with Crippen LogP contribution in [0.1, 0.15) is 26.2 Å². The minimum atomic E-state index is -0.118. The second kappa shape index (κ2) is 8.31. The van der Waals surface area contributed by atoms with Gasteiger partial charge in [-0.25, -0.2) is 4.79 Å². The summed E-state index contributed by atoms with van der Waals surface area (Å²) in [5.41, 5.74) is 0.894. The van der Waals surface area contributed by atoms with Crippen molar-refractivity contribution in [1.82, 2.24) is 25.3 Å². The van der Waals surface area contributed by atoms with Crippen molar-refractivity contribution < 1.29 is 9.32 Å². The van der Waals surface area contributed by atoms with Gasteiger partial charge in [-0.1, -0.05) is 35.5 Å². The molecule has 2 amide bonds. The van der Waals surface area contributed by atoms with E-state index in [1.165, 1.54) is 0 Å². The monoisotopic (exact) mass is 357 g/mol. The predicted octanol–water partition coefficient (Wildman–Crippen LogP) is 2.61. The highest BCUT2D eigenvalue weighted by molar-refractivity contribution is 5.73. The van der Waals surface area contributed by atoms with Crippen LogP contribution in [0, 0.1) is 5.92 Å². The number of hydrogen-bond donors (Lipinski definition) is 1. The second-order valence-electron chi connectivity index (χ2n) is 7.16. The lowest BCUT2D eigenvalue weighted by molar-refractivity contribution is 0.197. The molecule has 0 saturated carbocycles. The molecular weight excluding hydrogens is 330 g/mol. The molecule has 0 unspecified atom stereocenters. The average molecular weight is 357 g/mol. The first-order valence-electron chi connectivity index (χ1n) is 9.14. The zero-order chi connectivity index (χ0) is 18.5. The van der Waals surface area contributed by atoms with Crippen LogP contribution in [-0.4, -0.2) is 58.7 Å². The Morgan fingerprint density at radius 3 is 2.85 bits per heavy atom.